The van der Waals surface area contributed by atoms with Crippen LogP contribution in [0.5, 0.6) is 0 Å². The molecule has 4 nitrogen and oxygen atoms in total. The first-order chi connectivity index (χ1) is 13.2. The van der Waals surface area contributed by atoms with Crippen LogP contribution in [-0.4, -0.2) is 15.3 Å². The van der Waals surface area contributed by atoms with Crippen molar-refractivity contribution in [1.29, 1.82) is 0 Å². The standard InChI is InChI=1S/C22H21N3OS/c1-3-19(16-7-5-4-6-8-16)21(26)23-18-11-9-17(10-12-18)20-13-25-15(2)14-27-22(25)24-20/h4-14,19H,3H2,1-2H3,(H,23,26). The molecule has 0 fully saturated rings. The number of hydrogen-bond acceptors (Lipinski definition) is 3. The number of amides is 1. The normalized spacial score (nSPS) is 12.2. The van der Waals surface area contributed by atoms with Crippen molar-refractivity contribution in [3.8, 4) is 11.3 Å². The average Bonchev–Trinajstić information content (AvgIpc) is 3.26. The van der Waals surface area contributed by atoms with E-state index in [0.717, 1.165) is 33.9 Å². The Morgan fingerprint density at radius 3 is 2.56 bits per heavy atom. The van der Waals surface area contributed by atoms with Gasteiger partial charge in [-0.2, -0.15) is 0 Å². The van der Waals surface area contributed by atoms with Gasteiger partial charge in [0.05, 0.1) is 11.6 Å². The second kappa shape index (κ2) is 7.37. The summed E-state index contributed by atoms with van der Waals surface area (Å²) in [5.74, 6) is -0.122. The Balaban J connectivity index is 1.51. The number of anilines is 1. The van der Waals surface area contributed by atoms with E-state index < -0.39 is 0 Å². The van der Waals surface area contributed by atoms with Gasteiger partial charge in [-0.05, 0) is 31.0 Å². The van der Waals surface area contributed by atoms with Crippen molar-refractivity contribution in [3.05, 3.63) is 77.4 Å². The van der Waals surface area contributed by atoms with Gasteiger partial charge in [0.1, 0.15) is 0 Å². The van der Waals surface area contributed by atoms with Crippen molar-refractivity contribution in [1.82, 2.24) is 9.38 Å². The molecule has 0 spiro atoms. The highest BCUT2D eigenvalue weighted by molar-refractivity contribution is 7.15. The third kappa shape index (κ3) is 3.51. The Morgan fingerprint density at radius 2 is 1.89 bits per heavy atom. The van der Waals surface area contributed by atoms with Gasteiger partial charge < -0.3 is 5.32 Å². The minimum absolute atomic E-state index is 0.0228. The molecule has 0 saturated heterocycles. The summed E-state index contributed by atoms with van der Waals surface area (Å²) in [4.78, 5) is 18.4. The molecular weight excluding hydrogens is 354 g/mol. The molecule has 1 N–H and O–H groups in total. The number of benzene rings is 2. The van der Waals surface area contributed by atoms with Gasteiger partial charge >= 0.3 is 0 Å². The van der Waals surface area contributed by atoms with Gasteiger partial charge in [0, 0.05) is 28.5 Å². The van der Waals surface area contributed by atoms with Crippen LogP contribution in [0.25, 0.3) is 16.2 Å². The smallest absolute Gasteiger partial charge is 0.231 e. The van der Waals surface area contributed by atoms with Crippen LogP contribution in [0.1, 0.15) is 30.5 Å². The van der Waals surface area contributed by atoms with Gasteiger partial charge in [0.25, 0.3) is 0 Å². The molecule has 0 radical (unpaired) electrons. The minimum atomic E-state index is -0.145. The van der Waals surface area contributed by atoms with Gasteiger partial charge in [-0.25, -0.2) is 4.98 Å². The van der Waals surface area contributed by atoms with Crippen molar-refractivity contribution in [2.75, 3.05) is 5.32 Å². The number of carbonyl (C=O) groups is 1. The van der Waals surface area contributed by atoms with Crippen LogP contribution in [-0.2, 0) is 4.79 Å². The lowest BCUT2D eigenvalue weighted by Crippen LogP contribution is -2.20. The van der Waals surface area contributed by atoms with Crippen LogP contribution in [0.4, 0.5) is 5.69 Å². The summed E-state index contributed by atoms with van der Waals surface area (Å²) in [5, 5.41) is 5.14. The predicted octanol–water partition coefficient (Wildman–Crippen LogP) is 5.50. The monoisotopic (exact) mass is 375 g/mol. The molecule has 0 aliphatic heterocycles. The second-order valence-corrected chi connectivity index (χ2v) is 7.43. The summed E-state index contributed by atoms with van der Waals surface area (Å²) in [5.41, 5.74) is 5.01. The quantitative estimate of drug-likeness (QED) is 0.500. The van der Waals surface area contributed by atoms with Crippen molar-refractivity contribution in [2.45, 2.75) is 26.2 Å². The summed E-state index contributed by atoms with van der Waals surface area (Å²) >= 11 is 1.64. The number of fused-ring (bicyclic) bond motifs is 1. The van der Waals surface area contributed by atoms with Crippen LogP contribution >= 0.6 is 11.3 Å². The van der Waals surface area contributed by atoms with E-state index in [1.165, 1.54) is 5.69 Å². The lowest BCUT2D eigenvalue weighted by molar-refractivity contribution is -0.117. The van der Waals surface area contributed by atoms with E-state index >= 15 is 0 Å². The lowest BCUT2D eigenvalue weighted by atomic mass is 9.95. The number of thiazole rings is 1. The number of nitrogens with one attached hydrogen (secondary N) is 1. The maximum atomic E-state index is 12.7. The zero-order valence-electron chi connectivity index (χ0n) is 15.3. The fraction of sp³-hybridized carbons (Fsp3) is 0.182. The molecule has 4 rings (SSSR count). The molecule has 27 heavy (non-hydrogen) atoms. The Morgan fingerprint density at radius 1 is 1.15 bits per heavy atom. The van der Waals surface area contributed by atoms with Crippen LogP contribution in [0.3, 0.4) is 0 Å². The zero-order valence-corrected chi connectivity index (χ0v) is 16.2. The number of nitrogens with zero attached hydrogens (tertiary/aromatic N) is 2. The van der Waals surface area contributed by atoms with E-state index in [1.807, 2.05) is 61.5 Å². The molecule has 5 heteroatoms. The van der Waals surface area contributed by atoms with Gasteiger partial charge in [-0.1, -0.05) is 49.4 Å². The largest absolute Gasteiger partial charge is 0.326 e. The average molecular weight is 375 g/mol. The molecule has 136 valence electrons. The maximum absolute atomic E-state index is 12.7. The van der Waals surface area contributed by atoms with Gasteiger partial charge in [-0.15, -0.1) is 11.3 Å². The molecule has 0 aliphatic rings. The molecule has 0 aliphatic carbocycles. The molecule has 1 unspecified atom stereocenters. The summed E-state index contributed by atoms with van der Waals surface area (Å²) in [6, 6.07) is 17.8. The predicted molar refractivity (Wildman–Crippen MR) is 111 cm³/mol. The van der Waals surface area contributed by atoms with Crippen molar-refractivity contribution < 1.29 is 4.79 Å². The molecule has 1 amide bonds. The highest BCUT2D eigenvalue weighted by Crippen LogP contribution is 2.26. The van der Waals surface area contributed by atoms with E-state index in [9.17, 15) is 4.79 Å². The molecule has 2 heterocycles. The molecule has 2 aromatic carbocycles. The fourth-order valence-corrected chi connectivity index (χ4v) is 4.10. The summed E-state index contributed by atoms with van der Waals surface area (Å²) in [6.45, 7) is 4.11. The van der Waals surface area contributed by atoms with E-state index in [0.29, 0.717) is 0 Å². The Labute approximate surface area is 162 Å². The first-order valence-corrected chi connectivity index (χ1v) is 9.93. The number of hydrogen-bond donors (Lipinski definition) is 1. The van der Waals surface area contributed by atoms with Gasteiger partial charge in [-0.3, -0.25) is 9.20 Å². The van der Waals surface area contributed by atoms with Crippen LogP contribution < -0.4 is 5.32 Å². The Kier molecular flexibility index (Phi) is 4.77. The lowest BCUT2D eigenvalue weighted by Gasteiger charge is -2.15. The highest BCUT2D eigenvalue weighted by Gasteiger charge is 2.18. The van der Waals surface area contributed by atoms with E-state index in [1.54, 1.807) is 11.3 Å². The maximum Gasteiger partial charge on any atom is 0.231 e. The first kappa shape index (κ1) is 17.5. The summed E-state index contributed by atoms with van der Waals surface area (Å²) < 4.78 is 2.10. The molecule has 1 atom stereocenters. The molecule has 2 aromatic heterocycles. The van der Waals surface area contributed by atoms with E-state index in [2.05, 4.69) is 33.2 Å². The molecular formula is C22H21N3OS. The van der Waals surface area contributed by atoms with Gasteiger partial charge in [0.15, 0.2) is 4.96 Å². The number of carbonyl (C=O) groups excluding carboxylic acids is 1. The second-order valence-electron chi connectivity index (χ2n) is 6.59. The Hall–Kier alpha value is -2.92. The number of imidazole rings is 1. The van der Waals surface area contributed by atoms with Crippen molar-refractivity contribution in [2.24, 2.45) is 0 Å². The van der Waals surface area contributed by atoms with Crippen molar-refractivity contribution >= 4 is 27.9 Å². The van der Waals surface area contributed by atoms with E-state index in [-0.39, 0.29) is 11.8 Å². The molecule has 0 saturated carbocycles. The number of aryl methyl sites for hydroxylation is 1. The topological polar surface area (TPSA) is 46.4 Å². The third-order valence-electron chi connectivity index (χ3n) is 4.76. The Bertz CT molecular complexity index is 1060. The number of aromatic nitrogens is 2. The number of rotatable bonds is 5. The minimum Gasteiger partial charge on any atom is -0.326 e. The van der Waals surface area contributed by atoms with Crippen LogP contribution in [0.2, 0.25) is 0 Å². The first-order valence-electron chi connectivity index (χ1n) is 9.05. The zero-order chi connectivity index (χ0) is 18.8. The summed E-state index contributed by atoms with van der Waals surface area (Å²) in [6.07, 6.45) is 2.82. The highest BCUT2D eigenvalue weighted by atomic mass is 32.1. The van der Waals surface area contributed by atoms with Crippen molar-refractivity contribution in [3.63, 3.8) is 0 Å². The molecule has 0 bridgehead atoms. The van der Waals surface area contributed by atoms with Crippen LogP contribution in [0, 0.1) is 6.92 Å². The van der Waals surface area contributed by atoms with Crippen LogP contribution in [0.15, 0.2) is 66.2 Å². The van der Waals surface area contributed by atoms with Gasteiger partial charge in [0.2, 0.25) is 5.91 Å². The SMILES string of the molecule is CCC(C(=O)Nc1ccc(-c2cn3c(C)csc3n2)cc1)c1ccccc1. The third-order valence-corrected chi connectivity index (χ3v) is 5.72. The van der Waals surface area contributed by atoms with E-state index in [4.69, 9.17) is 0 Å². The molecule has 4 aromatic rings. The fourth-order valence-electron chi connectivity index (χ4n) is 3.24. The summed E-state index contributed by atoms with van der Waals surface area (Å²) in [7, 11) is 0.